The Labute approximate surface area is 331 Å². The molecule has 3 amide bonds. The Morgan fingerprint density at radius 1 is 0.764 bits per heavy atom. The fourth-order valence-corrected chi connectivity index (χ4v) is 7.24. The number of carboxylic acid groups (broad SMARTS) is 1. The van der Waals surface area contributed by atoms with Crippen molar-refractivity contribution in [3.05, 3.63) is 159 Å². The zero-order valence-electron chi connectivity index (χ0n) is 30.5. The van der Waals surface area contributed by atoms with Crippen molar-refractivity contribution in [2.24, 2.45) is 5.41 Å². The minimum Gasteiger partial charge on any atom is -0.485 e. The minimum atomic E-state index is -1.11. The van der Waals surface area contributed by atoms with Crippen LogP contribution in [0.2, 0.25) is 10.0 Å². The number of nitrogens with one attached hydrogen (secondary N) is 1. The van der Waals surface area contributed by atoms with Crippen LogP contribution in [0, 0.1) is 12.3 Å². The van der Waals surface area contributed by atoms with Crippen LogP contribution in [0.4, 0.5) is 10.5 Å². The first-order valence-corrected chi connectivity index (χ1v) is 18.8. The molecule has 6 rings (SSSR count). The van der Waals surface area contributed by atoms with Gasteiger partial charge in [0.2, 0.25) is 5.91 Å². The van der Waals surface area contributed by atoms with E-state index in [2.05, 4.69) is 5.32 Å². The lowest BCUT2D eigenvalue weighted by Gasteiger charge is -2.47. The maximum atomic E-state index is 14.0. The molecule has 11 heteroatoms. The van der Waals surface area contributed by atoms with E-state index in [1.54, 1.807) is 28.0 Å². The number of rotatable bonds is 16. The third kappa shape index (κ3) is 10.8. The van der Waals surface area contributed by atoms with Crippen molar-refractivity contribution in [1.29, 1.82) is 0 Å². The van der Waals surface area contributed by atoms with Gasteiger partial charge in [0.1, 0.15) is 13.2 Å². The quantitative estimate of drug-likeness (QED) is 0.104. The molecule has 1 unspecified atom stereocenters. The van der Waals surface area contributed by atoms with Gasteiger partial charge in [-0.05, 0) is 72.0 Å². The number of hydrogen-bond donors (Lipinski definition) is 2. The summed E-state index contributed by atoms with van der Waals surface area (Å²) in [6.07, 6.45) is 0.0540. The van der Waals surface area contributed by atoms with E-state index in [1.165, 1.54) is 0 Å². The number of carboxylic acids is 1. The fourth-order valence-electron chi connectivity index (χ4n) is 6.77. The molecule has 5 aromatic rings. The van der Waals surface area contributed by atoms with Gasteiger partial charge in [0.05, 0.1) is 6.42 Å². The van der Waals surface area contributed by atoms with Gasteiger partial charge in [-0.3, -0.25) is 14.5 Å². The van der Waals surface area contributed by atoms with E-state index in [0.717, 1.165) is 22.3 Å². The van der Waals surface area contributed by atoms with Crippen molar-refractivity contribution in [3.63, 3.8) is 0 Å². The van der Waals surface area contributed by atoms with Crippen molar-refractivity contribution in [3.8, 4) is 11.5 Å². The maximum absolute atomic E-state index is 14.0. The molecule has 55 heavy (non-hydrogen) atoms. The number of aryl methyl sites for hydroxylation is 1. The molecule has 1 aliphatic heterocycles. The summed E-state index contributed by atoms with van der Waals surface area (Å²) in [7, 11) is 0. The average Bonchev–Trinajstić information content (AvgIpc) is 3.17. The Morgan fingerprint density at radius 2 is 1.42 bits per heavy atom. The lowest BCUT2D eigenvalue weighted by atomic mass is 9.78. The van der Waals surface area contributed by atoms with Crippen LogP contribution >= 0.6 is 23.2 Å². The smallest absolute Gasteiger partial charge is 0.324 e. The molecular formula is C44H43Cl2N3O6. The first-order chi connectivity index (χ1) is 26.6. The van der Waals surface area contributed by atoms with Gasteiger partial charge in [0.15, 0.2) is 11.5 Å². The number of hydrogen-bond acceptors (Lipinski definition) is 5. The summed E-state index contributed by atoms with van der Waals surface area (Å²) in [5.74, 6) is -0.175. The number of anilines is 1. The Balaban J connectivity index is 1.17. The van der Waals surface area contributed by atoms with Crippen LogP contribution in [0.1, 0.15) is 40.7 Å². The third-order valence-electron chi connectivity index (χ3n) is 9.52. The Hall–Kier alpha value is -5.51. The molecule has 0 spiro atoms. The highest BCUT2D eigenvalue weighted by Crippen LogP contribution is 2.38. The molecule has 1 saturated heterocycles. The van der Waals surface area contributed by atoms with E-state index >= 15 is 0 Å². The molecule has 0 saturated carbocycles. The normalized spacial score (nSPS) is 15.4. The third-order valence-corrected chi connectivity index (χ3v) is 10.1. The topological polar surface area (TPSA) is 108 Å². The second-order valence-corrected chi connectivity index (χ2v) is 14.8. The molecule has 0 aromatic heterocycles. The lowest BCUT2D eigenvalue weighted by Crippen LogP contribution is -2.60. The van der Waals surface area contributed by atoms with Gasteiger partial charge in [-0.2, -0.15) is 0 Å². The van der Waals surface area contributed by atoms with E-state index in [4.69, 9.17) is 32.7 Å². The molecule has 1 fully saturated rings. The number of ether oxygens (including phenoxy) is 2. The van der Waals surface area contributed by atoms with Crippen molar-refractivity contribution in [1.82, 2.24) is 10.2 Å². The van der Waals surface area contributed by atoms with E-state index in [9.17, 15) is 19.5 Å². The summed E-state index contributed by atoms with van der Waals surface area (Å²) in [4.78, 5) is 43.2. The fraction of sp³-hybridized carbons (Fsp3) is 0.250. The molecule has 2 N–H and O–H groups in total. The van der Waals surface area contributed by atoms with Crippen molar-refractivity contribution in [2.45, 2.75) is 45.9 Å². The zero-order valence-corrected chi connectivity index (χ0v) is 32.1. The number of urea groups is 1. The molecule has 5 aromatic carbocycles. The van der Waals surface area contributed by atoms with Gasteiger partial charge < -0.3 is 24.8 Å². The highest BCUT2D eigenvalue weighted by molar-refractivity contribution is 6.35. The Bertz CT molecular complexity index is 2100. The summed E-state index contributed by atoms with van der Waals surface area (Å²) in [6.45, 7) is 3.19. The van der Waals surface area contributed by atoms with Gasteiger partial charge in [-0.25, -0.2) is 4.79 Å². The minimum absolute atomic E-state index is 0.0411. The van der Waals surface area contributed by atoms with Gasteiger partial charge >= 0.3 is 12.0 Å². The zero-order chi connectivity index (χ0) is 38.8. The van der Waals surface area contributed by atoms with E-state index in [1.807, 2.05) is 110 Å². The van der Waals surface area contributed by atoms with E-state index < -0.39 is 11.4 Å². The first kappa shape index (κ1) is 39.2. The van der Waals surface area contributed by atoms with Crippen LogP contribution < -0.4 is 19.7 Å². The molecule has 0 aliphatic carbocycles. The van der Waals surface area contributed by atoms with Gasteiger partial charge in [0, 0.05) is 53.7 Å². The number of carbonyl (C=O) groups excluding carboxylic acids is 2. The molecule has 1 atom stereocenters. The summed E-state index contributed by atoms with van der Waals surface area (Å²) in [5.41, 5.74) is 4.15. The summed E-state index contributed by atoms with van der Waals surface area (Å²) in [5, 5.41) is 14.0. The van der Waals surface area contributed by atoms with E-state index in [0.29, 0.717) is 59.0 Å². The number of halogens is 2. The van der Waals surface area contributed by atoms with Gasteiger partial charge in [-0.1, -0.05) is 114 Å². The van der Waals surface area contributed by atoms with E-state index in [-0.39, 0.29) is 44.4 Å². The molecule has 284 valence electrons. The molecule has 0 bridgehead atoms. The first-order valence-electron chi connectivity index (χ1n) is 18.1. The molecule has 1 heterocycles. The van der Waals surface area contributed by atoms with Gasteiger partial charge in [-0.15, -0.1) is 0 Å². The molecule has 9 nitrogen and oxygen atoms in total. The predicted octanol–water partition coefficient (Wildman–Crippen LogP) is 9.11. The number of nitrogens with zero attached hydrogens (tertiary/aromatic N) is 2. The van der Waals surface area contributed by atoms with Crippen LogP contribution in [0.5, 0.6) is 11.5 Å². The maximum Gasteiger partial charge on any atom is 0.324 e. The Morgan fingerprint density at radius 3 is 2.05 bits per heavy atom. The van der Waals surface area contributed by atoms with Crippen LogP contribution in [0.15, 0.2) is 121 Å². The number of carbonyl (C=O) groups is 3. The number of benzene rings is 5. The van der Waals surface area contributed by atoms with Gasteiger partial charge in [0.25, 0.3) is 0 Å². The summed E-state index contributed by atoms with van der Waals surface area (Å²) < 4.78 is 12.4. The van der Waals surface area contributed by atoms with Crippen molar-refractivity contribution in [2.75, 3.05) is 24.5 Å². The monoisotopic (exact) mass is 779 g/mol. The number of amides is 3. The van der Waals surface area contributed by atoms with Crippen molar-refractivity contribution >= 4 is 46.8 Å². The van der Waals surface area contributed by atoms with Crippen LogP contribution in [-0.4, -0.2) is 47.5 Å². The summed E-state index contributed by atoms with van der Waals surface area (Å²) >= 11 is 12.6. The summed E-state index contributed by atoms with van der Waals surface area (Å²) in [6, 6.07) is 37.7. The number of aliphatic carboxylic acids is 1. The SMILES string of the molecule is Cc1ccc(N2CC(CC(=O)O)(CC(=O)NCCc3ccc(OCc4ccccc4)c(OCc4ccccc4)c3)CN(Cc3ccc(Cl)cc3Cl)C2=O)cc1. The highest BCUT2D eigenvalue weighted by Gasteiger charge is 2.46. The molecule has 0 radical (unpaired) electrons. The standard InChI is InChI=1S/C44H43Cl2N3O6/c1-31-12-17-37(18-13-31)49-30-44(25-42(51)52,29-48(43(49)53)26-35-15-16-36(45)23-38(35)46)24-41(50)47-21-20-32-14-19-39(54-27-33-8-4-2-5-9-33)40(22-32)55-28-34-10-6-3-7-11-34/h2-19,22-23H,20-21,24-30H2,1H3,(H,47,50)(H,51,52). The van der Waals surface area contributed by atoms with Crippen LogP contribution in [-0.2, 0) is 35.8 Å². The highest BCUT2D eigenvalue weighted by atomic mass is 35.5. The molecular weight excluding hydrogens is 737 g/mol. The lowest BCUT2D eigenvalue weighted by molar-refractivity contribution is -0.140. The molecule has 1 aliphatic rings. The predicted molar refractivity (Wildman–Crippen MR) is 215 cm³/mol. The largest absolute Gasteiger partial charge is 0.485 e. The Kier molecular flexibility index (Phi) is 13.0. The average molecular weight is 781 g/mol. The van der Waals surface area contributed by atoms with Crippen molar-refractivity contribution < 1.29 is 29.0 Å². The van der Waals surface area contributed by atoms with Crippen LogP contribution in [0.25, 0.3) is 0 Å². The van der Waals surface area contributed by atoms with Crippen LogP contribution in [0.3, 0.4) is 0 Å². The second kappa shape index (κ2) is 18.2. The second-order valence-electron chi connectivity index (χ2n) is 14.0.